The molecule has 0 amide bonds. The lowest BCUT2D eigenvalue weighted by Gasteiger charge is -2.31. The van der Waals surface area contributed by atoms with E-state index in [9.17, 15) is 4.57 Å². The predicted molar refractivity (Wildman–Crippen MR) is 99.3 cm³/mol. The molecule has 0 bridgehead atoms. The highest BCUT2D eigenvalue weighted by Gasteiger charge is 2.38. The molecule has 1 aromatic carbocycles. The van der Waals surface area contributed by atoms with Crippen LogP contribution in [0.25, 0.3) is 0 Å². The smallest absolute Gasteiger partial charge is 0.116 e. The summed E-state index contributed by atoms with van der Waals surface area (Å²) in [5.41, 5.74) is 4.08. The zero-order valence-corrected chi connectivity index (χ0v) is 16.6. The van der Waals surface area contributed by atoms with Crippen LogP contribution in [0.1, 0.15) is 71.6 Å². The Morgan fingerprint density at radius 2 is 1.64 bits per heavy atom. The van der Waals surface area contributed by atoms with Crippen molar-refractivity contribution in [3.05, 3.63) is 28.8 Å². The van der Waals surface area contributed by atoms with Crippen LogP contribution >= 0.6 is 7.14 Å². The molecular formula is C20H33OP. The summed E-state index contributed by atoms with van der Waals surface area (Å²) < 4.78 is 13.7. The fourth-order valence-corrected chi connectivity index (χ4v) is 7.83. The van der Waals surface area contributed by atoms with Crippen LogP contribution in [0.15, 0.2) is 12.1 Å². The average molecular weight is 320 g/mol. The monoisotopic (exact) mass is 320 g/mol. The molecule has 1 nitrogen and oxygen atoms in total. The van der Waals surface area contributed by atoms with Gasteiger partial charge in [-0.1, -0.05) is 60.6 Å². The number of hydrogen-bond donors (Lipinski definition) is 0. The molecule has 0 spiro atoms. The molecule has 1 aliphatic rings. The van der Waals surface area contributed by atoms with Crippen molar-refractivity contribution < 1.29 is 4.57 Å². The molecule has 1 aliphatic heterocycles. The van der Waals surface area contributed by atoms with E-state index >= 15 is 0 Å². The van der Waals surface area contributed by atoms with Gasteiger partial charge in [0.25, 0.3) is 0 Å². The predicted octanol–water partition coefficient (Wildman–Crippen LogP) is 5.62. The summed E-state index contributed by atoms with van der Waals surface area (Å²) in [5.74, 6) is 0.598. The number of benzene rings is 1. The summed E-state index contributed by atoms with van der Waals surface area (Å²) in [5, 5.41) is 1.21. The number of aryl methyl sites for hydroxylation is 1. The van der Waals surface area contributed by atoms with E-state index in [0.29, 0.717) is 5.92 Å². The van der Waals surface area contributed by atoms with Crippen LogP contribution in [0.5, 0.6) is 0 Å². The van der Waals surface area contributed by atoms with Crippen molar-refractivity contribution in [2.75, 3.05) is 12.3 Å². The van der Waals surface area contributed by atoms with E-state index in [4.69, 9.17) is 0 Å². The van der Waals surface area contributed by atoms with Gasteiger partial charge in [0.05, 0.1) is 0 Å². The molecule has 0 saturated carbocycles. The fourth-order valence-electron chi connectivity index (χ4n) is 3.64. The summed E-state index contributed by atoms with van der Waals surface area (Å²) in [7, 11) is -2.22. The topological polar surface area (TPSA) is 17.1 Å². The second kappa shape index (κ2) is 5.52. The Bertz CT molecular complexity index is 614. The average Bonchev–Trinajstić information content (AvgIpc) is 2.66. The molecule has 124 valence electrons. The van der Waals surface area contributed by atoms with Crippen LogP contribution in [0.4, 0.5) is 0 Å². The molecule has 0 radical (unpaired) electrons. The number of rotatable bonds is 1. The molecule has 2 unspecified atom stereocenters. The third-order valence-electron chi connectivity index (χ3n) is 4.97. The molecule has 2 rings (SSSR count). The van der Waals surface area contributed by atoms with Crippen LogP contribution in [0.2, 0.25) is 0 Å². The van der Waals surface area contributed by atoms with Crippen LogP contribution in [0.3, 0.4) is 0 Å². The fraction of sp³-hybridized carbons (Fsp3) is 0.700. The van der Waals surface area contributed by atoms with Crippen LogP contribution < -0.4 is 5.30 Å². The van der Waals surface area contributed by atoms with Crippen molar-refractivity contribution in [2.24, 2.45) is 5.92 Å². The van der Waals surface area contributed by atoms with Crippen LogP contribution in [-0.4, -0.2) is 12.3 Å². The van der Waals surface area contributed by atoms with E-state index in [-0.39, 0.29) is 10.8 Å². The van der Waals surface area contributed by atoms with E-state index in [0.717, 1.165) is 18.7 Å². The van der Waals surface area contributed by atoms with Gasteiger partial charge < -0.3 is 4.57 Å². The number of hydrogen-bond acceptors (Lipinski definition) is 1. The zero-order chi connectivity index (χ0) is 16.9. The minimum atomic E-state index is -2.22. The minimum absolute atomic E-state index is 0.0323. The maximum Gasteiger partial charge on any atom is 0.116 e. The molecule has 2 heteroatoms. The highest BCUT2D eigenvalue weighted by Crippen LogP contribution is 2.55. The standard InChI is InChI=1S/C20H33OP/c1-14-9-10-22(21,13-14)18-15(2)11-16(19(3,4)5)12-17(18)20(6,7)8/h11-12,14H,9-10,13H2,1-8H3. The molecular weight excluding hydrogens is 287 g/mol. The first-order valence-electron chi connectivity index (χ1n) is 8.59. The van der Waals surface area contributed by atoms with Gasteiger partial charge in [0.15, 0.2) is 0 Å². The SMILES string of the molecule is Cc1cc(C(C)(C)C)cc(C(C)(C)C)c1P1(=O)CCC(C)C1. The van der Waals surface area contributed by atoms with Crippen molar-refractivity contribution in [3.63, 3.8) is 0 Å². The Morgan fingerprint density at radius 3 is 2.05 bits per heavy atom. The van der Waals surface area contributed by atoms with Crippen LogP contribution in [0, 0.1) is 12.8 Å². The maximum absolute atomic E-state index is 13.7. The normalized spacial score (nSPS) is 26.5. The Morgan fingerprint density at radius 1 is 1.05 bits per heavy atom. The molecule has 0 aliphatic carbocycles. The van der Waals surface area contributed by atoms with E-state index in [2.05, 4.69) is 67.5 Å². The Hall–Kier alpha value is -0.550. The lowest BCUT2D eigenvalue weighted by Crippen LogP contribution is -2.28. The van der Waals surface area contributed by atoms with Gasteiger partial charge >= 0.3 is 0 Å². The minimum Gasteiger partial charge on any atom is -0.319 e. The first-order chi connectivity index (χ1) is 9.84. The lowest BCUT2D eigenvalue weighted by molar-refractivity contribution is 0.565. The van der Waals surface area contributed by atoms with Gasteiger partial charge in [0.2, 0.25) is 0 Å². The van der Waals surface area contributed by atoms with Gasteiger partial charge in [-0.05, 0) is 46.8 Å². The Kier molecular flexibility index (Phi) is 4.46. The van der Waals surface area contributed by atoms with Crippen molar-refractivity contribution in [3.8, 4) is 0 Å². The summed E-state index contributed by atoms with van der Waals surface area (Å²) in [6.45, 7) is 17.9. The van der Waals surface area contributed by atoms with Gasteiger partial charge in [-0.25, -0.2) is 0 Å². The van der Waals surface area contributed by atoms with Gasteiger partial charge in [-0.15, -0.1) is 0 Å². The second-order valence-electron chi connectivity index (χ2n) is 9.38. The molecule has 1 saturated heterocycles. The Balaban J connectivity index is 2.71. The summed E-state index contributed by atoms with van der Waals surface area (Å²) in [4.78, 5) is 0. The molecule has 22 heavy (non-hydrogen) atoms. The molecule has 1 aromatic rings. The van der Waals surface area contributed by atoms with Crippen molar-refractivity contribution >= 4 is 12.4 Å². The summed E-state index contributed by atoms with van der Waals surface area (Å²) in [6.07, 6.45) is 2.90. The van der Waals surface area contributed by atoms with E-state index in [1.807, 2.05) is 0 Å². The first kappa shape index (κ1) is 17.8. The summed E-state index contributed by atoms with van der Waals surface area (Å²) in [6, 6.07) is 4.62. The highest BCUT2D eigenvalue weighted by atomic mass is 31.2. The highest BCUT2D eigenvalue weighted by molar-refractivity contribution is 7.72. The quantitative estimate of drug-likeness (QED) is 0.614. The molecule has 2 atom stereocenters. The van der Waals surface area contributed by atoms with E-state index in [1.54, 1.807) is 0 Å². The lowest BCUT2D eigenvalue weighted by atomic mass is 9.79. The van der Waals surface area contributed by atoms with Crippen molar-refractivity contribution in [1.29, 1.82) is 0 Å². The first-order valence-corrected chi connectivity index (χ1v) is 10.7. The van der Waals surface area contributed by atoms with Gasteiger partial charge in [0.1, 0.15) is 7.14 Å². The van der Waals surface area contributed by atoms with Gasteiger partial charge in [0, 0.05) is 17.6 Å². The molecule has 0 N–H and O–H groups in total. The largest absolute Gasteiger partial charge is 0.319 e. The third-order valence-corrected chi connectivity index (χ3v) is 8.57. The van der Waals surface area contributed by atoms with Gasteiger partial charge in [-0.2, -0.15) is 0 Å². The third kappa shape index (κ3) is 3.35. The zero-order valence-electron chi connectivity index (χ0n) is 15.7. The van der Waals surface area contributed by atoms with E-state index in [1.165, 1.54) is 22.0 Å². The van der Waals surface area contributed by atoms with Gasteiger partial charge in [-0.3, -0.25) is 0 Å². The Labute approximate surface area is 137 Å². The second-order valence-corrected chi connectivity index (χ2v) is 12.4. The summed E-state index contributed by atoms with van der Waals surface area (Å²) >= 11 is 0. The molecule has 0 aromatic heterocycles. The molecule has 1 heterocycles. The maximum atomic E-state index is 13.7. The van der Waals surface area contributed by atoms with Crippen LogP contribution in [-0.2, 0) is 15.4 Å². The van der Waals surface area contributed by atoms with Crippen molar-refractivity contribution in [1.82, 2.24) is 0 Å². The molecule has 1 fully saturated rings. The van der Waals surface area contributed by atoms with Crippen molar-refractivity contribution in [2.45, 2.75) is 72.6 Å². The van der Waals surface area contributed by atoms with E-state index < -0.39 is 7.14 Å².